The van der Waals surface area contributed by atoms with Gasteiger partial charge in [-0.2, -0.15) is 0 Å². The highest BCUT2D eigenvalue weighted by Gasteiger charge is 2.17. The van der Waals surface area contributed by atoms with Gasteiger partial charge in [-0.25, -0.2) is 0 Å². The van der Waals surface area contributed by atoms with Gasteiger partial charge in [0.05, 0.1) is 11.6 Å². The number of piperazine rings is 1. The van der Waals surface area contributed by atoms with E-state index in [1.807, 2.05) is 11.0 Å². The number of nitrogens with zero attached hydrogens (tertiary/aromatic N) is 1. The largest absolute Gasteiger partial charge is 0.360 e. The maximum absolute atomic E-state index is 11.3. The van der Waals surface area contributed by atoms with E-state index in [4.69, 9.17) is 11.6 Å². The molecule has 2 rings (SSSR count). The van der Waals surface area contributed by atoms with Gasteiger partial charge in [0, 0.05) is 24.3 Å². The van der Waals surface area contributed by atoms with Crippen molar-refractivity contribution in [1.29, 1.82) is 0 Å². The zero-order chi connectivity index (χ0) is 12.4. The maximum Gasteiger partial charge on any atom is 0.239 e. The summed E-state index contributed by atoms with van der Waals surface area (Å²) >= 11 is 6.03. The Morgan fingerprint density at radius 3 is 2.82 bits per heavy atom. The van der Waals surface area contributed by atoms with E-state index in [9.17, 15) is 9.59 Å². The van der Waals surface area contributed by atoms with E-state index in [2.05, 4.69) is 5.32 Å². The van der Waals surface area contributed by atoms with Crippen LogP contribution in [0.15, 0.2) is 18.2 Å². The molecule has 1 amide bonds. The number of carbonyl (C=O) groups excluding carboxylic acids is 2. The second-order valence-electron chi connectivity index (χ2n) is 3.99. The van der Waals surface area contributed by atoms with Gasteiger partial charge in [0.25, 0.3) is 0 Å². The molecule has 0 aromatic heterocycles. The van der Waals surface area contributed by atoms with Gasteiger partial charge in [0.15, 0.2) is 5.78 Å². The first-order valence-electron chi connectivity index (χ1n) is 5.40. The van der Waals surface area contributed by atoms with Crippen LogP contribution in [0.3, 0.4) is 0 Å². The molecule has 1 heterocycles. The summed E-state index contributed by atoms with van der Waals surface area (Å²) in [5, 5.41) is 3.19. The summed E-state index contributed by atoms with van der Waals surface area (Å²) < 4.78 is 0. The number of nitrogens with one attached hydrogen (secondary N) is 1. The predicted molar refractivity (Wildman–Crippen MR) is 66.7 cm³/mol. The summed E-state index contributed by atoms with van der Waals surface area (Å²) in [4.78, 5) is 24.4. The predicted octanol–water partition coefficient (Wildman–Crippen LogP) is 1.48. The molecule has 1 aliphatic heterocycles. The molecule has 0 unspecified atom stereocenters. The smallest absolute Gasteiger partial charge is 0.239 e. The molecule has 1 aromatic carbocycles. The Kier molecular flexibility index (Phi) is 3.33. The molecule has 0 spiro atoms. The third kappa shape index (κ3) is 2.58. The molecule has 1 saturated heterocycles. The first kappa shape index (κ1) is 11.9. The first-order valence-corrected chi connectivity index (χ1v) is 5.78. The van der Waals surface area contributed by atoms with Crippen molar-refractivity contribution in [2.24, 2.45) is 0 Å². The Morgan fingerprint density at radius 2 is 2.24 bits per heavy atom. The zero-order valence-corrected chi connectivity index (χ0v) is 10.3. The Bertz CT molecular complexity index is 474. The van der Waals surface area contributed by atoms with E-state index >= 15 is 0 Å². The van der Waals surface area contributed by atoms with E-state index in [-0.39, 0.29) is 11.7 Å². The van der Waals surface area contributed by atoms with Crippen LogP contribution in [-0.4, -0.2) is 31.3 Å². The molecule has 1 aromatic rings. The Hall–Kier alpha value is -1.55. The van der Waals surface area contributed by atoms with Gasteiger partial charge in [0.2, 0.25) is 5.91 Å². The number of hydrogen-bond acceptors (Lipinski definition) is 3. The fourth-order valence-corrected chi connectivity index (χ4v) is 2.15. The summed E-state index contributed by atoms with van der Waals surface area (Å²) in [6, 6.07) is 5.25. The normalized spacial score (nSPS) is 15.6. The lowest BCUT2D eigenvalue weighted by molar-refractivity contribution is -0.120. The average Bonchev–Trinajstić information content (AvgIpc) is 2.28. The number of anilines is 1. The minimum atomic E-state index is -0.0575. The van der Waals surface area contributed by atoms with Gasteiger partial charge in [-0.05, 0) is 25.1 Å². The molecule has 0 atom stereocenters. The van der Waals surface area contributed by atoms with Crippen LogP contribution in [0.2, 0.25) is 5.02 Å². The topological polar surface area (TPSA) is 49.4 Å². The van der Waals surface area contributed by atoms with Crippen molar-refractivity contribution in [3.63, 3.8) is 0 Å². The molecule has 0 bridgehead atoms. The van der Waals surface area contributed by atoms with E-state index in [1.54, 1.807) is 12.1 Å². The molecule has 0 aliphatic carbocycles. The first-order chi connectivity index (χ1) is 8.08. The lowest BCUT2D eigenvalue weighted by Gasteiger charge is -2.28. The Morgan fingerprint density at radius 1 is 1.47 bits per heavy atom. The van der Waals surface area contributed by atoms with Crippen LogP contribution in [0.5, 0.6) is 0 Å². The van der Waals surface area contributed by atoms with Crippen molar-refractivity contribution in [2.75, 3.05) is 24.5 Å². The second kappa shape index (κ2) is 4.75. The van der Waals surface area contributed by atoms with Crippen molar-refractivity contribution in [3.05, 3.63) is 28.8 Å². The summed E-state index contributed by atoms with van der Waals surface area (Å²) in [5.74, 6) is -0.0547. The molecule has 17 heavy (non-hydrogen) atoms. The lowest BCUT2D eigenvalue weighted by Crippen LogP contribution is -2.47. The van der Waals surface area contributed by atoms with Crippen LogP contribution in [0.1, 0.15) is 17.3 Å². The number of amides is 1. The van der Waals surface area contributed by atoms with Gasteiger partial charge in [-0.3, -0.25) is 9.59 Å². The molecule has 0 radical (unpaired) electrons. The lowest BCUT2D eigenvalue weighted by atomic mass is 10.1. The second-order valence-corrected chi connectivity index (χ2v) is 4.40. The molecular formula is C12H13ClN2O2. The fourth-order valence-electron chi connectivity index (χ4n) is 1.85. The number of carbonyl (C=O) groups is 2. The number of ketones is 1. The maximum atomic E-state index is 11.3. The summed E-state index contributed by atoms with van der Waals surface area (Å²) in [6.07, 6.45) is 0. The number of hydrogen-bond donors (Lipinski definition) is 1. The quantitative estimate of drug-likeness (QED) is 0.811. The van der Waals surface area contributed by atoms with Crippen LogP contribution in [-0.2, 0) is 4.79 Å². The van der Waals surface area contributed by atoms with Gasteiger partial charge in [0.1, 0.15) is 0 Å². The van der Waals surface area contributed by atoms with E-state index in [0.717, 1.165) is 12.2 Å². The van der Waals surface area contributed by atoms with Crippen molar-refractivity contribution >= 4 is 29.0 Å². The van der Waals surface area contributed by atoms with Crippen LogP contribution in [0.4, 0.5) is 5.69 Å². The molecular weight excluding hydrogens is 240 g/mol. The van der Waals surface area contributed by atoms with Crippen molar-refractivity contribution in [3.8, 4) is 0 Å². The van der Waals surface area contributed by atoms with Gasteiger partial charge < -0.3 is 10.2 Å². The van der Waals surface area contributed by atoms with Crippen LogP contribution in [0, 0.1) is 0 Å². The molecule has 5 heteroatoms. The molecule has 1 N–H and O–H groups in total. The molecule has 90 valence electrons. The summed E-state index contributed by atoms with van der Waals surface area (Å²) in [5.41, 5.74) is 1.38. The summed E-state index contributed by atoms with van der Waals surface area (Å²) in [7, 11) is 0. The number of halogens is 1. The number of benzene rings is 1. The highest BCUT2D eigenvalue weighted by molar-refractivity contribution is 6.34. The van der Waals surface area contributed by atoms with Crippen LogP contribution in [0.25, 0.3) is 0 Å². The molecule has 0 saturated carbocycles. The van der Waals surface area contributed by atoms with Gasteiger partial charge in [-0.15, -0.1) is 0 Å². The third-order valence-corrected chi connectivity index (χ3v) is 3.05. The van der Waals surface area contributed by atoms with Crippen molar-refractivity contribution < 1.29 is 9.59 Å². The zero-order valence-electron chi connectivity index (χ0n) is 9.50. The van der Waals surface area contributed by atoms with Gasteiger partial charge in [-0.1, -0.05) is 11.6 Å². The third-order valence-electron chi connectivity index (χ3n) is 2.74. The van der Waals surface area contributed by atoms with Gasteiger partial charge >= 0.3 is 0 Å². The minimum absolute atomic E-state index is 0.00279. The molecule has 1 fully saturated rings. The van der Waals surface area contributed by atoms with Crippen molar-refractivity contribution in [2.45, 2.75) is 6.92 Å². The van der Waals surface area contributed by atoms with E-state index < -0.39 is 0 Å². The fraction of sp³-hybridized carbons (Fsp3) is 0.333. The SMILES string of the molecule is CC(=O)c1ccc(N2CCNC(=O)C2)cc1Cl. The van der Waals surface area contributed by atoms with Crippen LogP contribution < -0.4 is 10.2 Å². The monoisotopic (exact) mass is 252 g/mol. The number of Topliss-reactive ketones (excluding diaryl/α,β-unsaturated/α-hetero) is 1. The van der Waals surface area contributed by atoms with E-state index in [0.29, 0.717) is 23.7 Å². The highest BCUT2D eigenvalue weighted by atomic mass is 35.5. The van der Waals surface area contributed by atoms with Crippen molar-refractivity contribution in [1.82, 2.24) is 5.32 Å². The minimum Gasteiger partial charge on any atom is -0.360 e. The molecule has 1 aliphatic rings. The summed E-state index contributed by atoms with van der Waals surface area (Å²) in [6.45, 7) is 3.19. The molecule has 4 nitrogen and oxygen atoms in total. The highest BCUT2D eigenvalue weighted by Crippen LogP contribution is 2.24. The van der Waals surface area contributed by atoms with E-state index in [1.165, 1.54) is 6.92 Å². The standard InChI is InChI=1S/C12H13ClN2O2/c1-8(16)10-3-2-9(6-11(10)13)15-5-4-14-12(17)7-15/h2-3,6H,4-5,7H2,1H3,(H,14,17). The average molecular weight is 253 g/mol. The Balaban J connectivity index is 2.25. The Labute approximate surface area is 105 Å². The number of rotatable bonds is 2. The van der Waals surface area contributed by atoms with Crippen LogP contribution >= 0.6 is 11.6 Å².